The number of unbranched alkanes of at least 4 members (excludes halogenated alkanes) is 10. The Labute approximate surface area is 391 Å². The number of hydrogen-bond donors (Lipinski definition) is 0. The molecule has 0 aromatic heterocycles. The van der Waals surface area contributed by atoms with E-state index in [9.17, 15) is 14.4 Å². The first-order valence-corrected chi connectivity index (χ1v) is 24.9. The van der Waals surface area contributed by atoms with Gasteiger partial charge >= 0.3 is 17.9 Å². The molecule has 0 aliphatic heterocycles. The van der Waals surface area contributed by atoms with E-state index >= 15 is 0 Å². The summed E-state index contributed by atoms with van der Waals surface area (Å²) in [7, 11) is 0. The number of ether oxygens (including phenoxy) is 3. The van der Waals surface area contributed by atoms with Crippen LogP contribution in [-0.2, 0) is 28.6 Å². The topological polar surface area (TPSA) is 78.9 Å². The van der Waals surface area contributed by atoms with Gasteiger partial charge in [-0.3, -0.25) is 14.4 Å². The fourth-order valence-electron chi connectivity index (χ4n) is 5.96. The zero-order valence-corrected chi connectivity index (χ0v) is 40.5. The molecule has 0 aromatic carbocycles. The van der Waals surface area contributed by atoms with Crippen molar-refractivity contribution in [3.05, 3.63) is 146 Å². The maximum Gasteiger partial charge on any atom is 0.306 e. The molecule has 0 aliphatic rings. The van der Waals surface area contributed by atoms with Crippen molar-refractivity contribution in [1.82, 2.24) is 0 Å². The van der Waals surface area contributed by atoms with Crippen molar-refractivity contribution in [3.63, 3.8) is 0 Å². The first kappa shape index (κ1) is 59.3. The van der Waals surface area contributed by atoms with Gasteiger partial charge in [0.15, 0.2) is 6.10 Å². The highest BCUT2D eigenvalue weighted by atomic mass is 16.6. The molecule has 0 amide bonds. The van der Waals surface area contributed by atoms with Gasteiger partial charge in [-0.1, -0.05) is 192 Å². The molecule has 64 heavy (non-hydrogen) atoms. The van der Waals surface area contributed by atoms with Gasteiger partial charge in [-0.05, 0) is 116 Å². The highest BCUT2D eigenvalue weighted by molar-refractivity contribution is 5.71. The molecule has 1 atom stereocenters. The third-order valence-electron chi connectivity index (χ3n) is 9.65. The lowest BCUT2D eigenvalue weighted by Crippen LogP contribution is -2.30. The van der Waals surface area contributed by atoms with Crippen LogP contribution < -0.4 is 0 Å². The molecule has 1 unspecified atom stereocenters. The van der Waals surface area contributed by atoms with Gasteiger partial charge in [0.2, 0.25) is 0 Å². The molecule has 356 valence electrons. The van der Waals surface area contributed by atoms with E-state index in [-0.39, 0.29) is 50.4 Å². The quantitative estimate of drug-likeness (QED) is 0.0200. The van der Waals surface area contributed by atoms with E-state index in [4.69, 9.17) is 14.2 Å². The Kier molecular flexibility index (Phi) is 47.2. The Hall–Kier alpha value is -4.71. The summed E-state index contributed by atoms with van der Waals surface area (Å²) in [6, 6.07) is 0. The second-order valence-electron chi connectivity index (χ2n) is 15.7. The highest BCUT2D eigenvalue weighted by Gasteiger charge is 2.19. The Bertz CT molecular complexity index is 1480. The molecule has 0 N–H and O–H groups in total. The van der Waals surface area contributed by atoms with Crippen LogP contribution in [0.5, 0.6) is 0 Å². The van der Waals surface area contributed by atoms with E-state index in [1.807, 2.05) is 36.5 Å². The van der Waals surface area contributed by atoms with Crippen LogP contribution in [0.25, 0.3) is 0 Å². The summed E-state index contributed by atoms with van der Waals surface area (Å²) in [6.45, 7) is 6.21. The van der Waals surface area contributed by atoms with E-state index < -0.39 is 6.10 Å². The van der Waals surface area contributed by atoms with Gasteiger partial charge < -0.3 is 14.2 Å². The van der Waals surface area contributed by atoms with E-state index in [0.717, 1.165) is 103 Å². The summed E-state index contributed by atoms with van der Waals surface area (Å²) in [5.41, 5.74) is 0. The maximum absolute atomic E-state index is 12.8. The van der Waals surface area contributed by atoms with Crippen LogP contribution in [0.3, 0.4) is 0 Å². The third kappa shape index (κ3) is 48.3. The molecule has 0 heterocycles. The molecular weight excluding hydrogens is 793 g/mol. The lowest BCUT2D eigenvalue weighted by atomic mass is 10.1. The highest BCUT2D eigenvalue weighted by Crippen LogP contribution is 2.10. The van der Waals surface area contributed by atoms with Gasteiger partial charge in [-0.15, -0.1) is 0 Å². The molecule has 0 aliphatic carbocycles. The zero-order valence-electron chi connectivity index (χ0n) is 40.5. The smallest absolute Gasteiger partial charge is 0.306 e. The van der Waals surface area contributed by atoms with Gasteiger partial charge in [-0.2, -0.15) is 0 Å². The van der Waals surface area contributed by atoms with Crippen LogP contribution in [0.1, 0.15) is 181 Å². The molecule has 6 nitrogen and oxygen atoms in total. The van der Waals surface area contributed by atoms with E-state index in [1.165, 1.54) is 25.7 Å². The number of rotatable bonds is 42. The zero-order chi connectivity index (χ0) is 46.5. The average molecular weight is 881 g/mol. The van der Waals surface area contributed by atoms with Crippen LogP contribution in [0.15, 0.2) is 146 Å². The minimum Gasteiger partial charge on any atom is -0.462 e. The van der Waals surface area contributed by atoms with Crippen LogP contribution in [0.2, 0.25) is 0 Å². The number of carbonyl (C=O) groups is 3. The molecule has 0 fully saturated rings. The van der Waals surface area contributed by atoms with Gasteiger partial charge in [0.05, 0.1) is 0 Å². The number of esters is 3. The average Bonchev–Trinajstić information content (AvgIpc) is 3.29. The van der Waals surface area contributed by atoms with Crippen LogP contribution in [-0.4, -0.2) is 37.2 Å². The SMILES string of the molecule is CC\C=C/C=C\C=C/C=C\CCCCCC(=O)OCC(COC(=O)CCC/C=C\C/C=C\C/C=C\C/C=C\CCCCC)OC(=O)CCCCC/C=C\C/C=C\C/C=C\C/C=C\CC. The lowest BCUT2D eigenvalue weighted by Gasteiger charge is -2.18. The normalized spacial score (nSPS) is 13.4. The number of allylic oxidation sites excluding steroid dienone is 24. The van der Waals surface area contributed by atoms with Gasteiger partial charge in [0.25, 0.3) is 0 Å². The molecule has 0 spiro atoms. The summed E-state index contributed by atoms with van der Waals surface area (Å²) < 4.78 is 16.7. The summed E-state index contributed by atoms with van der Waals surface area (Å²) in [4.78, 5) is 37.9. The third-order valence-corrected chi connectivity index (χ3v) is 9.65. The largest absolute Gasteiger partial charge is 0.462 e. The van der Waals surface area contributed by atoms with E-state index in [2.05, 4.69) is 130 Å². The number of hydrogen-bond acceptors (Lipinski definition) is 6. The molecule has 0 radical (unpaired) electrons. The van der Waals surface area contributed by atoms with Crippen LogP contribution in [0.4, 0.5) is 0 Å². The second-order valence-corrected chi connectivity index (χ2v) is 15.7. The lowest BCUT2D eigenvalue weighted by molar-refractivity contribution is -0.167. The Balaban J connectivity index is 4.63. The van der Waals surface area contributed by atoms with Crippen molar-refractivity contribution in [2.24, 2.45) is 0 Å². The van der Waals surface area contributed by atoms with Crippen molar-refractivity contribution in [3.8, 4) is 0 Å². The molecule has 0 bridgehead atoms. The summed E-state index contributed by atoms with van der Waals surface area (Å²) >= 11 is 0. The van der Waals surface area contributed by atoms with Crippen LogP contribution in [0, 0.1) is 0 Å². The van der Waals surface area contributed by atoms with Crippen molar-refractivity contribution in [2.45, 2.75) is 187 Å². The maximum atomic E-state index is 12.8. The Morgan fingerprint density at radius 1 is 0.344 bits per heavy atom. The van der Waals surface area contributed by atoms with E-state index in [1.54, 1.807) is 0 Å². The predicted molar refractivity (Wildman–Crippen MR) is 274 cm³/mol. The number of carbonyl (C=O) groups excluding carboxylic acids is 3. The molecule has 0 rings (SSSR count). The molecule has 0 saturated heterocycles. The van der Waals surface area contributed by atoms with Crippen molar-refractivity contribution in [2.75, 3.05) is 13.2 Å². The minimum atomic E-state index is -0.839. The predicted octanol–water partition coefficient (Wildman–Crippen LogP) is 16.5. The van der Waals surface area contributed by atoms with Gasteiger partial charge in [0, 0.05) is 19.3 Å². The molecule has 0 aromatic rings. The molecular formula is C58H88O6. The van der Waals surface area contributed by atoms with Crippen molar-refractivity contribution < 1.29 is 28.6 Å². The van der Waals surface area contributed by atoms with Gasteiger partial charge in [0.1, 0.15) is 13.2 Å². The fraction of sp³-hybridized carbons (Fsp3) is 0.534. The van der Waals surface area contributed by atoms with E-state index in [0.29, 0.717) is 12.8 Å². The van der Waals surface area contributed by atoms with Crippen LogP contribution >= 0.6 is 0 Å². The summed E-state index contributed by atoms with van der Waals surface area (Å²) in [6.07, 6.45) is 72.6. The van der Waals surface area contributed by atoms with Gasteiger partial charge in [-0.25, -0.2) is 0 Å². The summed E-state index contributed by atoms with van der Waals surface area (Å²) in [5.74, 6) is -1.07. The van der Waals surface area contributed by atoms with Crippen molar-refractivity contribution in [1.29, 1.82) is 0 Å². The molecule has 6 heteroatoms. The fourth-order valence-corrected chi connectivity index (χ4v) is 5.96. The Morgan fingerprint density at radius 3 is 1.17 bits per heavy atom. The summed E-state index contributed by atoms with van der Waals surface area (Å²) in [5, 5.41) is 0. The molecule has 0 saturated carbocycles. The monoisotopic (exact) mass is 881 g/mol. The minimum absolute atomic E-state index is 0.135. The van der Waals surface area contributed by atoms with Crippen molar-refractivity contribution >= 4 is 17.9 Å². The Morgan fingerprint density at radius 2 is 0.703 bits per heavy atom. The first-order valence-electron chi connectivity index (χ1n) is 24.9. The standard InChI is InChI=1S/C58H88O6/c1-4-7-10-13-16-19-22-25-27-29-31-33-36-39-42-45-48-51-57(60)63-54-55(53-62-56(59)50-47-44-41-38-35-32-24-21-18-15-12-9-6-3)64-58(61)52-49-46-43-40-37-34-30-28-26-23-20-17-14-11-8-5-2/h8-9,11-12,15-21,24-28,31-35,37,39,42,55H,4-7,10,13-14,22-23,29-30,36,38,40-41,43-54H2,1-3H3/b11-8-,12-9-,18-15-,19-16-,20-17-,24-21-,27-25-,28-26-,33-31-,35-32-,37-34-,42-39-. The first-order chi connectivity index (χ1) is 31.5. The second kappa shape index (κ2) is 50.9.